The van der Waals surface area contributed by atoms with Crippen LogP contribution in [0.3, 0.4) is 0 Å². The molecule has 2 heterocycles. The van der Waals surface area contributed by atoms with Crippen molar-refractivity contribution in [2.45, 2.75) is 31.5 Å². The van der Waals surface area contributed by atoms with Crippen LogP contribution in [0.5, 0.6) is 5.75 Å². The van der Waals surface area contributed by atoms with Crippen molar-refractivity contribution in [3.63, 3.8) is 0 Å². The number of likely N-dealkylation sites (tertiary alicyclic amines) is 1. The zero-order valence-corrected chi connectivity index (χ0v) is 20.2. The number of halogens is 1. The minimum absolute atomic E-state index is 0.246. The fourth-order valence-corrected chi connectivity index (χ4v) is 5.14. The number of aromatic carboxylic acids is 1. The molecule has 2 aliphatic rings. The molecule has 1 saturated heterocycles. The van der Waals surface area contributed by atoms with Crippen molar-refractivity contribution in [3.05, 3.63) is 106 Å². The Bertz CT molecular complexity index is 1260. The molecule has 0 spiro atoms. The lowest BCUT2D eigenvalue weighted by Gasteiger charge is -2.38. The molecule has 35 heavy (non-hydrogen) atoms. The fraction of sp³-hybridized carbons (Fsp3) is 0.276. The van der Waals surface area contributed by atoms with Gasteiger partial charge in [0, 0.05) is 30.2 Å². The second-order valence-corrected chi connectivity index (χ2v) is 9.68. The van der Waals surface area contributed by atoms with Crippen molar-refractivity contribution in [2.75, 3.05) is 19.6 Å². The number of carboxylic acids is 1. The maximum absolute atomic E-state index is 11.6. The fourth-order valence-electron chi connectivity index (χ4n) is 5.02. The van der Waals surface area contributed by atoms with E-state index in [1.165, 1.54) is 0 Å². The number of ether oxygens (including phenoxy) is 1. The molecule has 0 amide bonds. The van der Waals surface area contributed by atoms with Crippen LogP contribution in [-0.4, -0.2) is 40.7 Å². The topological polar surface area (TPSA) is 70.0 Å². The quantitative estimate of drug-likeness (QED) is 0.478. The average Bonchev–Trinajstić information content (AvgIpc) is 3.02. The predicted octanol–water partition coefficient (Wildman–Crippen LogP) is 5.74. The number of carboxylic acid groups (broad SMARTS) is 1. The van der Waals surface area contributed by atoms with Gasteiger partial charge in [0.1, 0.15) is 12.4 Å². The average molecular weight is 490 g/mol. The number of hydrogen-bond donors (Lipinski definition) is 2. The Morgan fingerprint density at radius 1 is 1.03 bits per heavy atom. The van der Waals surface area contributed by atoms with Crippen molar-refractivity contribution >= 4 is 23.1 Å². The first-order valence-electron chi connectivity index (χ1n) is 11.9. The molecule has 2 N–H and O–H groups in total. The molecule has 0 aromatic heterocycles. The smallest absolute Gasteiger partial charge is 0.335 e. The molecule has 3 aromatic rings. The first-order chi connectivity index (χ1) is 16.9. The molecule has 0 bridgehead atoms. The van der Waals surface area contributed by atoms with Gasteiger partial charge in [-0.05, 0) is 71.9 Å². The summed E-state index contributed by atoms with van der Waals surface area (Å²) in [6.45, 7) is 2.92. The van der Waals surface area contributed by atoms with E-state index in [1.807, 2.05) is 36.4 Å². The van der Waals surface area contributed by atoms with Crippen LogP contribution in [0.4, 0.5) is 0 Å². The van der Waals surface area contributed by atoms with Gasteiger partial charge >= 0.3 is 5.97 Å². The van der Waals surface area contributed by atoms with Crippen LogP contribution < -0.4 is 4.74 Å². The van der Waals surface area contributed by atoms with Crippen molar-refractivity contribution < 1.29 is 19.7 Å². The Kier molecular flexibility index (Phi) is 6.65. The van der Waals surface area contributed by atoms with Crippen LogP contribution in [0.25, 0.3) is 5.57 Å². The lowest BCUT2D eigenvalue weighted by molar-refractivity contribution is -0.0254. The molecule has 3 aromatic carbocycles. The molecule has 0 atom stereocenters. The number of piperidine rings is 1. The second-order valence-electron chi connectivity index (χ2n) is 9.25. The van der Waals surface area contributed by atoms with Crippen molar-refractivity contribution in [3.8, 4) is 5.75 Å². The van der Waals surface area contributed by atoms with Gasteiger partial charge in [-0.2, -0.15) is 0 Å². The third-order valence-electron chi connectivity index (χ3n) is 7.07. The molecule has 180 valence electrons. The highest BCUT2D eigenvalue weighted by molar-refractivity contribution is 6.30. The predicted molar refractivity (Wildman–Crippen MR) is 137 cm³/mol. The maximum atomic E-state index is 11.6. The molecule has 5 rings (SSSR count). The Morgan fingerprint density at radius 2 is 1.77 bits per heavy atom. The van der Waals surface area contributed by atoms with E-state index in [-0.39, 0.29) is 5.56 Å². The van der Waals surface area contributed by atoms with Gasteiger partial charge in [-0.1, -0.05) is 54.1 Å². The summed E-state index contributed by atoms with van der Waals surface area (Å²) in [5.74, 6) is -0.255. The first-order valence-corrected chi connectivity index (χ1v) is 12.3. The Labute approximate surface area is 210 Å². The largest absolute Gasteiger partial charge is 0.488 e. The van der Waals surface area contributed by atoms with E-state index in [9.17, 15) is 15.0 Å². The molecule has 5 nitrogen and oxygen atoms in total. The SMILES string of the molecule is O=C(O)c1ccc2c(c1)/C(=C/CCN1CCC(O)(c3ccc(Cl)cc3)CC1)c1ccccc1CO2. The Hall–Kier alpha value is -3.12. The maximum Gasteiger partial charge on any atom is 0.335 e. The van der Waals surface area contributed by atoms with E-state index in [4.69, 9.17) is 16.3 Å². The molecule has 0 aliphatic carbocycles. The summed E-state index contributed by atoms with van der Waals surface area (Å²) in [6, 6.07) is 20.6. The number of aliphatic hydroxyl groups is 1. The lowest BCUT2D eigenvalue weighted by Crippen LogP contribution is -2.42. The molecule has 0 radical (unpaired) electrons. The highest BCUT2D eigenvalue weighted by Gasteiger charge is 2.33. The summed E-state index contributed by atoms with van der Waals surface area (Å²) in [5, 5.41) is 21.4. The summed E-state index contributed by atoms with van der Waals surface area (Å²) < 4.78 is 6.03. The number of hydrogen-bond acceptors (Lipinski definition) is 4. The van der Waals surface area contributed by atoms with Gasteiger partial charge in [-0.25, -0.2) is 4.79 Å². The van der Waals surface area contributed by atoms with Gasteiger partial charge in [-0.15, -0.1) is 0 Å². The number of rotatable bonds is 5. The van der Waals surface area contributed by atoms with Crippen LogP contribution in [0.2, 0.25) is 5.02 Å². The van der Waals surface area contributed by atoms with Gasteiger partial charge in [0.25, 0.3) is 0 Å². The number of carbonyl (C=O) groups is 1. The molecule has 0 saturated carbocycles. The highest BCUT2D eigenvalue weighted by atomic mass is 35.5. The van der Waals surface area contributed by atoms with Gasteiger partial charge < -0.3 is 19.8 Å². The van der Waals surface area contributed by atoms with Gasteiger partial charge in [0.2, 0.25) is 0 Å². The van der Waals surface area contributed by atoms with Crippen molar-refractivity contribution in [1.82, 2.24) is 4.90 Å². The number of nitrogens with zero attached hydrogens (tertiary/aromatic N) is 1. The molecular weight excluding hydrogens is 462 g/mol. The number of benzene rings is 3. The van der Waals surface area contributed by atoms with E-state index in [0.717, 1.165) is 53.9 Å². The van der Waals surface area contributed by atoms with E-state index >= 15 is 0 Å². The van der Waals surface area contributed by atoms with Gasteiger partial charge in [0.15, 0.2) is 0 Å². The molecule has 0 unspecified atom stereocenters. The lowest BCUT2D eigenvalue weighted by atomic mass is 9.84. The Balaban J connectivity index is 1.33. The van der Waals surface area contributed by atoms with Crippen LogP contribution in [-0.2, 0) is 12.2 Å². The normalized spacial score (nSPS) is 18.3. The first kappa shape index (κ1) is 23.6. The second kappa shape index (κ2) is 9.86. The third-order valence-corrected chi connectivity index (χ3v) is 7.32. The van der Waals surface area contributed by atoms with Crippen LogP contribution in [0.15, 0.2) is 72.8 Å². The standard InChI is InChI=1S/C29H28ClNO4/c30-23-10-8-22(9-11-23)29(34)13-16-31(17-14-29)15-3-6-25-24-5-2-1-4-21(24)19-35-27-12-7-20(28(32)33)18-26(25)27/h1-2,4-12,18,34H,3,13-17,19H2,(H,32,33)/b25-6+. The summed E-state index contributed by atoms with van der Waals surface area (Å²) in [6.07, 6.45) is 4.34. The Morgan fingerprint density at radius 3 is 2.51 bits per heavy atom. The van der Waals surface area contributed by atoms with Crippen molar-refractivity contribution in [2.24, 2.45) is 0 Å². The molecule has 2 aliphatic heterocycles. The molecule has 6 heteroatoms. The zero-order chi connectivity index (χ0) is 24.4. The summed E-state index contributed by atoms with van der Waals surface area (Å²) in [5.41, 5.74) is 4.32. The summed E-state index contributed by atoms with van der Waals surface area (Å²) in [7, 11) is 0. The highest BCUT2D eigenvalue weighted by Crippen LogP contribution is 2.38. The molecular formula is C29H28ClNO4. The number of fused-ring (bicyclic) bond motifs is 2. The minimum atomic E-state index is -0.953. The summed E-state index contributed by atoms with van der Waals surface area (Å²) in [4.78, 5) is 14.0. The van der Waals surface area contributed by atoms with Gasteiger partial charge in [-0.3, -0.25) is 0 Å². The summed E-state index contributed by atoms with van der Waals surface area (Å²) >= 11 is 6.01. The van der Waals surface area contributed by atoms with Crippen LogP contribution >= 0.6 is 11.6 Å². The zero-order valence-electron chi connectivity index (χ0n) is 19.4. The van der Waals surface area contributed by atoms with E-state index < -0.39 is 11.6 Å². The van der Waals surface area contributed by atoms with Crippen LogP contribution in [0.1, 0.15) is 51.9 Å². The van der Waals surface area contributed by atoms with E-state index in [0.29, 0.717) is 30.2 Å². The van der Waals surface area contributed by atoms with Crippen molar-refractivity contribution in [1.29, 1.82) is 0 Å². The van der Waals surface area contributed by atoms with Gasteiger partial charge in [0.05, 0.1) is 11.2 Å². The van der Waals surface area contributed by atoms with E-state index in [2.05, 4.69) is 23.1 Å². The minimum Gasteiger partial charge on any atom is -0.488 e. The monoisotopic (exact) mass is 489 g/mol. The molecule has 1 fully saturated rings. The third kappa shape index (κ3) is 4.98. The van der Waals surface area contributed by atoms with E-state index in [1.54, 1.807) is 18.2 Å². The van der Waals surface area contributed by atoms with Crippen LogP contribution in [0, 0.1) is 0 Å².